The third kappa shape index (κ3) is 13.1. The van der Waals surface area contributed by atoms with Crippen LogP contribution in [0.3, 0.4) is 0 Å². The monoisotopic (exact) mass is 220 g/mol. The van der Waals surface area contributed by atoms with E-state index in [4.69, 9.17) is 5.11 Å². The average molecular weight is 220 g/mol. The normalized spacial score (nSPS) is 8.88. The fourth-order valence-corrected chi connectivity index (χ4v) is 1.44. The molecular weight excluding hydrogens is 196 g/mol. The smallest absolute Gasteiger partial charge is 0.104 e. The molecule has 0 amide bonds. The maximum absolute atomic E-state index is 8.42. The van der Waals surface area contributed by atoms with Crippen molar-refractivity contribution in [2.45, 2.75) is 64.7 Å². The minimum Gasteiger partial charge on any atom is -0.384 e. The Morgan fingerprint density at radius 1 is 0.688 bits per heavy atom. The van der Waals surface area contributed by atoms with Gasteiger partial charge in [-0.1, -0.05) is 50.9 Å². The first-order valence-corrected chi connectivity index (χ1v) is 6.44. The van der Waals surface area contributed by atoms with Crippen LogP contribution in [0.1, 0.15) is 64.7 Å². The van der Waals surface area contributed by atoms with Crippen molar-refractivity contribution in [3.63, 3.8) is 0 Å². The molecular formula is C15H24O. The second-order valence-corrected chi connectivity index (χ2v) is 3.88. The largest absolute Gasteiger partial charge is 0.384 e. The molecule has 0 aliphatic heterocycles. The van der Waals surface area contributed by atoms with Crippen molar-refractivity contribution in [3.8, 4) is 23.7 Å². The van der Waals surface area contributed by atoms with Crippen LogP contribution in [0.15, 0.2) is 0 Å². The number of aliphatic hydroxyl groups excluding tert-OH is 1. The maximum Gasteiger partial charge on any atom is 0.104 e. The molecule has 0 heterocycles. The number of aliphatic hydroxyl groups is 1. The molecule has 1 heteroatoms. The van der Waals surface area contributed by atoms with Gasteiger partial charge >= 0.3 is 0 Å². The van der Waals surface area contributed by atoms with Gasteiger partial charge in [-0.15, -0.1) is 11.8 Å². The molecule has 0 aromatic carbocycles. The lowest BCUT2D eigenvalue weighted by Gasteiger charge is -1.96. The lowest BCUT2D eigenvalue weighted by molar-refractivity contribution is 0.350. The zero-order valence-electron chi connectivity index (χ0n) is 10.5. The van der Waals surface area contributed by atoms with Gasteiger partial charge in [0.15, 0.2) is 0 Å². The zero-order chi connectivity index (χ0) is 11.9. The van der Waals surface area contributed by atoms with E-state index < -0.39 is 0 Å². The van der Waals surface area contributed by atoms with Crippen molar-refractivity contribution in [1.82, 2.24) is 0 Å². The molecule has 0 radical (unpaired) electrons. The Morgan fingerprint density at radius 2 is 1.25 bits per heavy atom. The van der Waals surface area contributed by atoms with E-state index in [9.17, 15) is 0 Å². The van der Waals surface area contributed by atoms with Crippen molar-refractivity contribution in [1.29, 1.82) is 0 Å². The van der Waals surface area contributed by atoms with Crippen LogP contribution in [0.5, 0.6) is 0 Å². The number of hydrogen-bond donors (Lipinski definition) is 1. The number of unbranched alkanes of at least 4 members (excludes halogenated alkanes) is 7. The summed E-state index contributed by atoms with van der Waals surface area (Å²) in [4.78, 5) is 0. The van der Waals surface area contributed by atoms with Crippen LogP contribution in [0, 0.1) is 23.7 Å². The van der Waals surface area contributed by atoms with Gasteiger partial charge in [0.05, 0.1) is 0 Å². The minimum atomic E-state index is -0.0365. The topological polar surface area (TPSA) is 20.2 Å². The van der Waals surface area contributed by atoms with Gasteiger partial charge < -0.3 is 5.11 Å². The highest BCUT2D eigenvalue weighted by molar-refractivity contribution is 5.05. The van der Waals surface area contributed by atoms with Gasteiger partial charge in [-0.05, 0) is 6.42 Å². The molecule has 0 spiro atoms. The summed E-state index contributed by atoms with van der Waals surface area (Å²) in [5.74, 6) is 11.8. The standard InChI is InChI=1S/C15H24O/c1-2-3-4-5-6-7-8-9-10-11-12-13-14-15-16/h16H,2-8,11-12,15H2,1H3. The molecule has 1 N–H and O–H groups in total. The van der Waals surface area contributed by atoms with E-state index in [1.165, 1.54) is 38.5 Å². The lowest BCUT2D eigenvalue weighted by atomic mass is 10.1. The molecule has 0 aromatic rings. The fraction of sp³-hybridized carbons (Fsp3) is 0.733. The Bertz CT molecular complexity index is 246. The molecule has 0 aliphatic rings. The summed E-state index contributed by atoms with van der Waals surface area (Å²) in [5.41, 5.74) is 0. The Morgan fingerprint density at radius 3 is 1.94 bits per heavy atom. The maximum atomic E-state index is 8.42. The van der Waals surface area contributed by atoms with Gasteiger partial charge in [-0.3, -0.25) is 0 Å². The Hall–Kier alpha value is -0.920. The quantitative estimate of drug-likeness (QED) is 0.514. The van der Waals surface area contributed by atoms with E-state index in [1.807, 2.05) is 0 Å². The molecule has 0 unspecified atom stereocenters. The highest BCUT2D eigenvalue weighted by atomic mass is 16.2. The van der Waals surface area contributed by atoms with Crippen molar-refractivity contribution in [2.24, 2.45) is 0 Å². The molecule has 0 atom stereocenters. The molecule has 0 saturated heterocycles. The molecule has 0 rings (SSSR count). The van der Waals surface area contributed by atoms with Crippen LogP contribution in [0.25, 0.3) is 0 Å². The summed E-state index contributed by atoms with van der Waals surface area (Å²) in [6.45, 7) is 2.20. The first-order valence-electron chi connectivity index (χ1n) is 6.44. The number of hydrogen-bond acceptors (Lipinski definition) is 1. The molecule has 0 saturated carbocycles. The van der Waals surface area contributed by atoms with Crippen LogP contribution in [-0.4, -0.2) is 11.7 Å². The van der Waals surface area contributed by atoms with Crippen LogP contribution >= 0.6 is 0 Å². The van der Waals surface area contributed by atoms with E-state index in [0.717, 1.165) is 19.3 Å². The molecule has 16 heavy (non-hydrogen) atoms. The van der Waals surface area contributed by atoms with E-state index in [0.29, 0.717) is 0 Å². The van der Waals surface area contributed by atoms with Gasteiger partial charge in [0.25, 0.3) is 0 Å². The van der Waals surface area contributed by atoms with Gasteiger partial charge in [0.1, 0.15) is 6.61 Å². The average Bonchev–Trinajstić information content (AvgIpc) is 2.31. The second kappa shape index (κ2) is 14.1. The van der Waals surface area contributed by atoms with Gasteiger partial charge in [0, 0.05) is 19.3 Å². The molecule has 0 fully saturated rings. The zero-order valence-corrected chi connectivity index (χ0v) is 10.5. The van der Waals surface area contributed by atoms with Crippen molar-refractivity contribution >= 4 is 0 Å². The Balaban J connectivity index is 3.15. The predicted octanol–water partition coefficient (Wildman–Crippen LogP) is 3.52. The molecule has 0 aliphatic carbocycles. The fourth-order valence-electron chi connectivity index (χ4n) is 1.44. The van der Waals surface area contributed by atoms with Gasteiger partial charge in [0.2, 0.25) is 0 Å². The van der Waals surface area contributed by atoms with Crippen LogP contribution in [-0.2, 0) is 0 Å². The van der Waals surface area contributed by atoms with Crippen molar-refractivity contribution in [2.75, 3.05) is 6.61 Å². The van der Waals surface area contributed by atoms with E-state index in [2.05, 4.69) is 30.6 Å². The van der Waals surface area contributed by atoms with Crippen LogP contribution in [0.2, 0.25) is 0 Å². The van der Waals surface area contributed by atoms with Gasteiger partial charge in [-0.25, -0.2) is 0 Å². The molecule has 0 aromatic heterocycles. The summed E-state index contributed by atoms with van der Waals surface area (Å²) in [5, 5.41) is 8.42. The van der Waals surface area contributed by atoms with E-state index in [-0.39, 0.29) is 6.61 Å². The highest BCUT2D eigenvalue weighted by Gasteiger charge is 1.87. The summed E-state index contributed by atoms with van der Waals surface area (Å²) < 4.78 is 0. The first-order chi connectivity index (χ1) is 7.91. The molecule has 90 valence electrons. The Kier molecular flexibility index (Phi) is 13.3. The third-order valence-corrected chi connectivity index (χ3v) is 2.36. The van der Waals surface area contributed by atoms with Crippen LogP contribution < -0.4 is 0 Å². The van der Waals surface area contributed by atoms with Crippen LogP contribution in [0.4, 0.5) is 0 Å². The third-order valence-electron chi connectivity index (χ3n) is 2.36. The minimum absolute atomic E-state index is 0.0365. The Labute approximate surface area is 101 Å². The van der Waals surface area contributed by atoms with E-state index in [1.54, 1.807) is 0 Å². The molecule has 0 bridgehead atoms. The highest BCUT2D eigenvalue weighted by Crippen LogP contribution is 2.06. The lowest BCUT2D eigenvalue weighted by Crippen LogP contribution is -1.78. The SMILES string of the molecule is CCCCCCCCC#CCCC#CCO. The van der Waals surface area contributed by atoms with E-state index >= 15 is 0 Å². The predicted molar refractivity (Wildman–Crippen MR) is 69.9 cm³/mol. The summed E-state index contributed by atoms with van der Waals surface area (Å²) >= 11 is 0. The first kappa shape index (κ1) is 15.1. The summed E-state index contributed by atoms with van der Waals surface area (Å²) in [6.07, 6.45) is 10.6. The van der Waals surface area contributed by atoms with Crippen molar-refractivity contribution < 1.29 is 5.11 Å². The summed E-state index contributed by atoms with van der Waals surface area (Å²) in [6, 6.07) is 0. The number of rotatable bonds is 7. The van der Waals surface area contributed by atoms with Crippen molar-refractivity contribution in [3.05, 3.63) is 0 Å². The molecule has 1 nitrogen and oxygen atoms in total. The summed E-state index contributed by atoms with van der Waals surface area (Å²) in [7, 11) is 0. The van der Waals surface area contributed by atoms with Gasteiger partial charge in [-0.2, -0.15) is 0 Å². The second-order valence-electron chi connectivity index (χ2n) is 3.88.